The smallest absolute Gasteiger partial charge is 0.330 e. The lowest BCUT2D eigenvalue weighted by Gasteiger charge is -2.37. The van der Waals surface area contributed by atoms with Crippen LogP contribution in [0, 0.1) is 0 Å². The van der Waals surface area contributed by atoms with E-state index in [0.29, 0.717) is 11.5 Å². The number of aromatic nitrogens is 2. The van der Waals surface area contributed by atoms with Crippen molar-refractivity contribution in [3.05, 3.63) is 129 Å². The van der Waals surface area contributed by atoms with E-state index in [1.54, 1.807) is 14.2 Å². The second-order valence-electron chi connectivity index (χ2n) is 9.42. The van der Waals surface area contributed by atoms with Crippen molar-refractivity contribution in [1.82, 2.24) is 9.55 Å². The van der Waals surface area contributed by atoms with Crippen LogP contribution in [0.15, 0.2) is 101 Å². The molecule has 40 heavy (non-hydrogen) atoms. The van der Waals surface area contributed by atoms with Gasteiger partial charge in [0.05, 0.1) is 26.9 Å². The normalized spacial score (nSPS) is 20.8. The van der Waals surface area contributed by atoms with Gasteiger partial charge in [0.15, 0.2) is 12.4 Å². The number of nitrogens with one attached hydrogen (secondary N) is 1. The molecule has 0 spiro atoms. The molecular weight excluding hydrogens is 517 g/mol. The molecule has 2 heterocycles. The van der Waals surface area contributed by atoms with Crippen molar-refractivity contribution in [3.8, 4) is 11.5 Å². The lowest BCUT2D eigenvalue weighted by molar-refractivity contribution is -0.0840. The minimum Gasteiger partial charge on any atom is -0.497 e. The van der Waals surface area contributed by atoms with Crippen LogP contribution in [-0.2, 0) is 15.1 Å². The Morgan fingerprint density at radius 3 is 1.95 bits per heavy atom. The number of hydrogen-bond acceptors (Lipinski definition) is 7. The second kappa shape index (κ2) is 11.5. The van der Waals surface area contributed by atoms with Crippen LogP contribution in [-0.4, -0.2) is 48.7 Å². The molecule has 1 fully saturated rings. The summed E-state index contributed by atoms with van der Waals surface area (Å²) in [5, 5.41) is 0. The van der Waals surface area contributed by atoms with E-state index in [4.69, 9.17) is 24.7 Å². The summed E-state index contributed by atoms with van der Waals surface area (Å²) in [5.74, 6) is 1.35. The zero-order chi connectivity index (χ0) is 28.3. The molecule has 5 rings (SSSR count). The van der Waals surface area contributed by atoms with Gasteiger partial charge in [0.1, 0.15) is 23.2 Å². The van der Waals surface area contributed by atoms with Crippen LogP contribution < -0.4 is 26.5 Å². The predicted molar refractivity (Wildman–Crippen MR) is 146 cm³/mol. The van der Waals surface area contributed by atoms with Gasteiger partial charge >= 0.3 is 5.69 Å². The summed E-state index contributed by atoms with van der Waals surface area (Å²) in [7, 11) is 3.19. The first-order valence-corrected chi connectivity index (χ1v) is 12.7. The highest BCUT2D eigenvalue weighted by Crippen LogP contribution is 2.42. The summed E-state index contributed by atoms with van der Waals surface area (Å²) < 4.78 is 39.8. The molecule has 0 amide bonds. The van der Waals surface area contributed by atoms with Crippen LogP contribution in [0.3, 0.4) is 0 Å². The van der Waals surface area contributed by atoms with Crippen molar-refractivity contribution in [2.75, 3.05) is 20.8 Å². The Morgan fingerprint density at radius 2 is 1.43 bits per heavy atom. The molecule has 3 aromatic carbocycles. The first-order chi connectivity index (χ1) is 19.4. The van der Waals surface area contributed by atoms with Gasteiger partial charge < -0.3 is 24.7 Å². The van der Waals surface area contributed by atoms with E-state index in [0.717, 1.165) is 27.3 Å². The van der Waals surface area contributed by atoms with E-state index in [2.05, 4.69) is 4.98 Å². The molecule has 9 nitrogen and oxygen atoms in total. The minimum atomic E-state index is -1.72. The fourth-order valence-corrected chi connectivity index (χ4v) is 5.02. The number of nitrogens with two attached hydrogens (primary N) is 1. The number of methoxy groups -OCH3 is 2. The quantitative estimate of drug-likeness (QED) is 0.309. The van der Waals surface area contributed by atoms with E-state index in [9.17, 15) is 9.59 Å². The molecule has 0 aliphatic carbocycles. The maximum Gasteiger partial charge on any atom is 0.330 e. The maximum absolute atomic E-state index is 15.4. The molecule has 0 saturated carbocycles. The van der Waals surface area contributed by atoms with Gasteiger partial charge in [-0.15, -0.1) is 0 Å². The number of benzene rings is 3. The molecule has 1 aliphatic rings. The van der Waals surface area contributed by atoms with E-state index in [-0.39, 0.29) is 6.61 Å². The van der Waals surface area contributed by atoms with Crippen LogP contribution in [0.5, 0.6) is 11.5 Å². The Morgan fingerprint density at radius 1 is 0.875 bits per heavy atom. The largest absolute Gasteiger partial charge is 0.497 e. The minimum absolute atomic E-state index is 0.108. The SMILES string of the molecule is COc1ccc(C(OC[C@H]2O[C@@H](n3ccc(=O)[nH]c3=O)[C@H](F)[C@@H]2N)(c2ccccc2)c2ccc(OC)cc2)cc1. The van der Waals surface area contributed by atoms with Gasteiger partial charge in [-0.1, -0.05) is 54.6 Å². The maximum atomic E-state index is 15.4. The van der Waals surface area contributed by atoms with Gasteiger partial charge in [-0.2, -0.15) is 0 Å². The molecular formula is C30H30FN3O6. The van der Waals surface area contributed by atoms with Crippen LogP contribution >= 0.6 is 0 Å². The summed E-state index contributed by atoms with van der Waals surface area (Å²) >= 11 is 0. The first kappa shape index (κ1) is 27.3. The topological polar surface area (TPSA) is 118 Å². The van der Waals surface area contributed by atoms with Crippen molar-refractivity contribution >= 4 is 0 Å². The third kappa shape index (κ3) is 5.04. The lowest BCUT2D eigenvalue weighted by atomic mass is 9.80. The highest BCUT2D eigenvalue weighted by Gasteiger charge is 2.46. The zero-order valence-electron chi connectivity index (χ0n) is 22.0. The molecule has 1 saturated heterocycles. The van der Waals surface area contributed by atoms with E-state index < -0.39 is 41.4 Å². The summed E-state index contributed by atoms with van der Waals surface area (Å²) in [4.78, 5) is 26.0. The summed E-state index contributed by atoms with van der Waals surface area (Å²) in [6.45, 7) is -0.108. The highest BCUT2D eigenvalue weighted by atomic mass is 19.1. The molecule has 1 aliphatic heterocycles. The summed E-state index contributed by atoms with van der Waals surface area (Å²) in [5.41, 5.74) is 6.13. The summed E-state index contributed by atoms with van der Waals surface area (Å²) in [6.07, 6.45) is -2.75. The first-order valence-electron chi connectivity index (χ1n) is 12.7. The van der Waals surface area contributed by atoms with E-state index in [1.165, 1.54) is 6.20 Å². The third-order valence-electron chi connectivity index (χ3n) is 7.15. The fraction of sp³-hybridized carbons (Fsp3) is 0.267. The monoisotopic (exact) mass is 547 g/mol. The average Bonchev–Trinajstić information content (AvgIpc) is 3.27. The van der Waals surface area contributed by atoms with Gasteiger partial charge in [-0.05, 0) is 41.0 Å². The van der Waals surface area contributed by atoms with E-state index in [1.807, 2.05) is 78.9 Å². The Balaban J connectivity index is 1.56. The standard InChI is InChI=1S/C30H30FN3O6/c1-37-22-12-8-20(9-13-22)30(19-6-4-3-5-7-19,21-10-14-23(38-2)15-11-21)39-18-24-27(32)26(31)28(40-24)34-17-16-25(35)33-29(34)36/h3-17,24,26-28H,18,32H2,1-2H3,(H,33,35,36)/t24-,26-,27-,28-/m1/s1. The van der Waals surface area contributed by atoms with Crippen LogP contribution in [0.4, 0.5) is 4.39 Å². The molecule has 1 aromatic heterocycles. The number of nitrogens with zero attached hydrogens (tertiary/aromatic N) is 1. The number of H-pyrrole nitrogens is 1. The second-order valence-corrected chi connectivity index (χ2v) is 9.42. The number of halogens is 1. The van der Waals surface area contributed by atoms with Gasteiger partial charge in [-0.25, -0.2) is 9.18 Å². The summed E-state index contributed by atoms with van der Waals surface area (Å²) in [6, 6.07) is 24.7. The Bertz CT molecular complexity index is 1490. The molecule has 208 valence electrons. The number of alkyl halides is 1. The van der Waals surface area contributed by atoms with Crippen molar-refractivity contribution < 1.29 is 23.3 Å². The Hall–Kier alpha value is -4.25. The Kier molecular flexibility index (Phi) is 7.83. The van der Waals surface area contributed by atoms with Gasteiger partial charge in [0.25, 0.3) is 5.56 Å². The molecule has 10 heteroatoms. The average molecular weight is 548 g/mol. The van der Waals surface area contributed by atoms with Crippen LogP contribution in [0.1, 0.15) is 22.9 Å². The van der Waals surface area contributed by atoms with Crippen molar-refractivity contribution in [2.45, 2.75) is 30.1 Å². The third-order valence-corrected chi connectivity index (χ3v) is 7.15. The van der Waals surface area contributed by atoms with Crippen LogP contribution in [0.25, 0.3) is 0 Å². The van der Waals surface area contributed by atoms with Gasteiger partial charge in [0.2, 0.25) is 0 Å². The molecule has 0 unspecified atom stereocenters. The number of aromatic amines is 1. The number of hydrogen-bond donors (Lipinski definition) is 2. The fourth-order valence-electron chi connectivity index (χ4n) is 5.02. The molecule has 0 radical (unpaired) electrons. The number of rotatable bonds is 9. The van der Waals surface area contributed by atoms with Crippen molar-refractivity contribution in [1.29, 1.82) is 0 Å². The van der Waals surface area contributed by atoms with Gasteiger partial charge in [0, 0.05) is 12.3 Å². The Labute approximate surface area is 229 Å². The number of ether oxygens (including phenoxy) is 4. The molecule has 0 bridgehead atoms. The molecule has 3 N–H and O–H groups in total. The lowest BCUT2D eigenvalue weighted by Crippen LogP contribution is -2.43. The molecule has 4 aromatic rings. The van der Waals surface area contributed by atoms with Crippen molar-refractivity contribution in [2.24, 2.45) is 5.73 Å². The highest BCUT2D eigenvalue weighted by molar-refractivity contribution is 5.49. The van der Waals surface area contributed by atoms with E-state index >= 15 is 4.39 Å². The van der Waals surface area contributed by atoms with Crippen molar-refractivity contribution in [3.63, 3.8) is 0 Å². The molecule has 4 atom stereocenters. The van der Waals surface area contributed by atoms with Crippen LogP contribution in [0.2, 0.25) is 0 Å². The predicted octanol–water partition coefficient (Wildman–Crippen LogP) is 3.13. The zero-order valence-corrected chi connectivity index (χ0v) is 22.0. The van der Waals surface area contributed by atoms with Gasteiger partial charge in [-0.3, -0.25) is 14.3 Å².